The summed E-state index contributed by atoms with van der Waals surface area (Å²) < 4.78 is 24.2. The maximum absolute atomic E-state index is 5.58. The van der Waals surface area contributed by atoms with Gasteiger partial charge in [-0.2, -0.15) is 4.57 Å². The van der Waals surface area contributed by atoms with Crippen LogP contribution in [0.3, 0.4) is 0 Å². The van der Waals surface area contributed by atoms with Gasteiger partial charge in [-0.1, -0.05) is 6.07 Å². The molecule has 1 aromatic heterocycles. The van der Waals surface area contributed by atoms with Gasteiger partial charge >= 0.3 is 0 Å². The van der Waals surface area contributed by atoms with E-state index < -0.39 is 0 Å². The molecule has 1 aliphatic heterocycles. The Kier molecular flexibility index (Phi) is 4.12. The summed E-state index contributed by atoms with van der Waals surface area (Å²) in [6.07, 6.45) is 2.11. The normalized spacial score (nSPS) is 12.4. The largest absolute Gasteiger partial charge is 0.493 e. The summed E-state index contributed by atoms with van der Waals surface area (Å²) in [6.45, 7) is 0.273. The van der Waals surface area contributed by atoms with Gasteiger partial charge in [0, 0.05) is 5.39 Å². The highest BCUT2D eigenvalue weighted by Crippen LogP contribution is 2.40. The zero-order chi connectivity index (χ0) is 17.8. The van der Waals surface area contributed by atoms with Crippen LogP contribution in [0, 0.1) is 0 Å². The monoisotopic (exact) mass is 384 g/mol. The van der Waals surface area contributed by atoms with Crippen molar-refractivity contribution in [3.05, 3.63) is 42.6 Å². The van der Waals surface area contributed by atoms with Gasteiger partial charge in [-0.05, 0) is 35.7 Å². The predicted molar refractivity (Wildman–Crippen MR) is 107 cm³/mol. The summed E-state index contributed by atoms with van der Waals surface area (Å²) in [5.74, 6) is 3.04. The number of pyridine rings is 1. The Bertz CT molecular complexity index is 1210. The third-order valence-electron chi connectivity index (χ3n) is 5.02. The van der Waals surface area contributed by atoms with Crippen LogP contribution in [0.4, 0.5) is 0 Å². The quantitative estimate of drug-likeness (QED) is 0.385. The summed E-state index contributed by atoms with van der Waals surface area (Å²) in [7, 11) is 5.37. The van der Waals surface area contributed by atoms with Crippen molar-refractivity contribution < 1.29 is 23.5 Å². The van der Waals surface area contributed by atoms with E-state index >= 15 is 0 Å². The van der Waals surface area contributed by atoms with E-state index in [2.05, 4.69) is 36.0 Å². The first-order valence-electron chi connectivity index (χ1n) is 8.40. The van der Waals surface area contributed by atoms with E-state index in [1.807, 2.05) is 18.2 Å². The highest BCUT2D eigenvalue weighted by Gasteiger charge is 2.20. The van der Waals surface area contributed by atoms with Crippen LogP contribution in [-0.2, 0) is 7.05 Å². The van der Waals surface area contributed by atoms with Gasteiger partial charge in [-0.15, -0.1) is 12.4 Å². The highest BCUT2D eigenvalue weighted by atomic mass is 35.5. The van der Waals surface area contributed by atoms with Crippen LogP contribution in [0.2, 0.25) is 0 Å². The minimum atomic E-state index is 0. The minimum absolute atomic E-state index is 0. The molecule has 0 radical (unpaired) electrons. The molecule has 0 bridgehead atoms. The Hall–Kier alpha value is -2.92. The van der Waals surface area contributed by atoms with Gasteiger partial charge in [-0.3, -0.25) is 0 Å². The number of benzene rings is 3. The number of aromatic nitrogens is 1. The van der Waals surface area contributed by atoms with Crippen LogP contribution in [0.25, 0.3) is 32.4 Å². The van der Waals surface area contributed by atoms with Crippen molar-refractivity contribution in [2.24, 2.45) is 7.05 Å². The van der Waals surface area contributed by atoms with Crippen molar-refractivity contribution in [1.82, 2.24) is 0 Å². The molecule has 0 saturated heterocycles. The van der Waals surface area contributed by atoms with Crippen molar-refractivity contribution in [1.29, 1.82) is 0 Å². The number of nitrogens with zero attached hydrogens (tertiary/aromatic N) is 1. The van der Waals surface area contributed by atoms with Gasteiger partial charge in [0.25, 0.3) is 0 Å². The van der Waals surface area contributed by atoms with E-state index in [-0.39, 0.29) is 19.2 Å². The molecular weight excluding hydrogens is 366 g/mol. The Morgan fingerprint density at radius 2 is 1.52 bits per heavy atom. The van der Waals surface area contributed by atoms with E-state index in [0.717, 1.165) is 55.4 Å². The van der Waals surface area contributed by atoms with Crippen molar-refractivity contribution in [2.75, 3.05) is 21.0 Å². The number of halogens is 1. The number of hydrogen-bond acceptors (Lipinski definition) is 4. The molecule has 5 rings (SSSR count). The molecule has 2 heterocycles. The van der Waals surface area contributed by atoms with Gasteiger partial charge in [0.15, 0.2) is 29.2 Å². The van der Waals surface area contributed by atoms with Crippen molar-refractivity contribution in [2.45, 2.75) is 0 Å². The Balaban J connectivity index is 0.00000180. The molecule has 27 heavy (non-hydrogen) atoms. The second kappa shape index (κ2) is 6.35. The van der Waals surface area contributed by atoms with Gasteiger partial charge < -0.3 is 18.9 Å². The number of hydrogen-bond donors (Lipinski definition) is 0. The van der Waals surface area contributed by atoms with E-state index in [1.165, 1.54) is 0 Å². The first-order valence-corrected chi connectivity index (χ1v) is 8.40. The van der Waals surface area contributed by atoms with E-state index in [1.54, 1.807) is 14.2 Å². The van der Waals surface area contributed by atoms with Gasteiger partial charge in [0.05, 0.1) is 30.4 Å². The second-order valence-electron chi connectivity index (χ2n) is 6.42. The smallest absolute Gasteiger partial charge is 0.231 e. The maximum Gasteiger partial charge on any atom is 0.231 e. The zero-order valence-corrected chi connectivity index (χ0v) is 16.1. The standard InChI is InChI=1S/C21H18NO4.ClH/c1-22-10-13-7-17(23-2)18(24-3)8-15(13)14-5-4-12-6-19-20(26-11-25-19)9-16(12)21(14)22;/h4-10H,11H2,1-3H3;1H/q+1;. The maximum atomic E-state index is 5.58. The first-order chi connectivity index (χ1) is 12.7. The van der Waals surface area contributed by atoms with Crippen molar-refractivity contribution in [3.8, 4) is 23.0 Å². The number of fused-ring (bicyclic) bond motifs is 6. The van der Waals surface area contributed by atoms with Gasteiger partial charge in [-0.25, -0.2) is 0 Å². The van der Waals surface area contributed by atoms with Crippen LogP contribution >= 0.6 is 12.4 Å². The molecule has 0 saturated carbocycles. The molecule has 5 nitrogen and oxygen atoms in total. The summed E-state index contributed by atoms with van der Waals surface area (Å²) >= 11 is 0. The lowest BCUT2D eigenvalue weighted by Crippen LogP contribution is -2.28. The average Bonchev–Trinajstić information content (AvgIpc) is 3.12. The first kappa shape index (κ1) is 17.5. The molecule has 0 atom stereocenters. The fraction of sp³-hybridized carbons (Fsp3) is 0.190. The van der Waals surface area contributed by atoms with E-state index in [9.17, 15) is 0 Å². The van der Waals surface area contributed by atoms with Crippen molar-refractivity contribution >= 4 is 44.9 Å². The molecule has 0 unspecified atom stereocenters. The number of methoxy groups -OCH3 is 2. The molecule has 4 aromatic rings. The van der Waals surface area contributed by atoms with Crippen LogP contribution < -0.4 is 23.5 Å². The molecule has 1 aliphatic rings. The Labute approximate surface area is 162 Å². The second-order valence-corrected chi connectivity index (χ2v) is 6.42. The van der Waals surface area contributed by atoms with E-state index in [0.29, 0.717) is 0 Å². The lowest BCUT2D eigenvalue weighted by atomic mass is 10.0. The number of rotatable bonds is 2. The van der Waals surface area contributed by atoms with Crippen molar-refractivity contribution in [3.63, 3.8) is 0 Å². The number of ether oxygens (including phenoxy) is 4. The fourth-order valence-corrected chi connectivity index (χ4v) is 3.80. The van der Waals surface area contributed by atoms with Gasteiger partial charge in [0.2, 0.25) is 12.3 Å². The Morgan fingerprint density at radius 3 is 2.26 bits per heavy atom. The van der Waals surface area contributed by atoms with Gasteiger partial charge in [0.1, 0.15) is 7.05 Å². The van der Waals surface area contributed by atoms with Crippen LogP contribution in [0.15, 0.2) is 42.6 Å². The third-order valence-corrected chi connectivity index (χ3v) is 5.02. The third kappa shape index (κ3) is 2.50. The molecule has 0 fully saturated rings. The fourth-order valence-electron chi connectivity index (χ4n) is 3.80. The highest BCUT2D eigenvalue weighted by molar-refractivity contribution is 6.14. The Morgan fingerprint density at radius 1 is 0.815 bits per heavy atom. The molecular formula is C21H19ClNO4+. The van der Waals surface area contributed by atoms with Crippen LogP contribution in [0.1, 0.15) is 0 Å². The minimum Gasteiger partial charge on any atom is -0.493 e. The summed E-state index contributed by atoms with van der Waals surface area (Å²) in [6, 6.07) is 12.4. The average molecular weight is 385 g/mol. The van der Waals surface area contributed by atoms with Crippen LogP contribution in [-0.4, -0.2) is 21.0 Å². The molecule has 6 heteroatoms. The molecule has 138 valence electrons. The lowest BCUT2D eigenvalue weighted by Gasteiger charge is -2.11. The topological polar surface area (TPSA) is 40.8 Å². The molecule has 0 spiro atoms. The molecule has 0 aliphatic carbocycles. The molecule has 0 N–H and O–H groups in total. The SMILES string of the molecule is COc1cc2c[n+](C)c3c4cc5c(cc4ccc3c2cc1OC)OCO5.Cl. The van der Waals surface area contributed by atoms with Crippen LogP contribution in [0.5, 0.6) is 23.0 Å². The lowest BCUT2D eigenvalue weighted by molar-refractivity contribution is -0.642. The predicted octanol–water partition coefficient (Wildman–Crippen LogP) is 4.14. The molecule has 0 amide bonds. The summed E-state index contributed by atoms with van der Waals surface area (Å²) in [5, 5.41) is 5.62. The molecule has 3 aromatic carbocycles. The zero-order valence-electron chi connectivity index (χ0n) is 15.2. The summed E-state index contributed by atoms with van der Waals surface area (Å²) in [5.41, 5.74) is 1.14. The number of aryl methyl sites for hydroxylation is 1. The summed E-state index contributed by atoms with van der Waals surface area (Å²) in [4.78, 5) is 0. The van der Waals surface area contributed by atoms with E-state index in [4.69, 9.17) is 18.9 Å².